The molecule has 2 fully saturated rings. The Kier molecular flexibility index (Phi) is 9.58. The highest BCUT2D eigenvalue weighted by Gasteiger charge is 2.22. The summed E-state index contributed by atoms with van der Waals surface area (Å²) in [6, 6.07) is 0.726. The van der Waals surface area contributed by atoms with Crippen LogP contribution in [0.5, 0.6) is 0 Å². The van der Waals surface area contributed by atoms with E-state index in [4.69, 9.17) is 9.47 Å². The lowest BCUT2D eigenvalue weighted by atomic mass is 10.0. The molecule has 2 rings (SSSR count). The summed E-state index contributed by atoms with van der Waals surface area (Å²) in [7, 11) is 3.63. The van der Waals surface area contributed by atoms with E-state index in [0.29, 0.717) is 6.10 Å². The molecular weight excluding hydrogens is 316 g/mol. The number of nitrogens with one attached hydrogen (secondary N) is 1. The van der Waals surface area contributed by atoms with Crippen LogP contribution in [0.4, 0.5) is 0 Å². The largest absolute Gasteiger partial charge is 0.385 e. The topological polar surface area (TPSA) is 49.3 Å². The summed E-state index contributed by atoms with van der Waals surface area (Å²) in [5.74, 6) is 1.04. The third-order valence-corrected chi connectivity index (χ3v) is 5.42. The first kappa shape index (κ1) is 20.5. The number of methoxy groups -OCH3 is 1. The number of ether oxygens (including phenoxy) is 2. The summed E-state index contributed by atoms with van der Waals surface area (Å²) in [6.45, 7) is 9.32. The van der Waals surface area contributed by atoms with Gasteiger partial charge in [0.2, 0.25) is 0 Å². The molecule has 0 spiro atoms. The SMILES string of the molecule is CN=C(NCCN1CCCCC1C)N1CCC(OCCCOC)CC1. The molecule has 1 N–H and O–H groups in total. The van der Waals surface area contributed by atoms with E-state index in [1.165, 1.54) is 25.8 Å². The Morgan fingerprint density at radius 3 is 2.60 bits per heavy atom. The first-order valence-electron chi connectivity index (χ1n) is 10.0. The molecule has 2 saturated heterocycles. The van der Waals surface area contributed by atoms with E-state index >= 15 is 0 Å². The molecule has 0 saturated carbocycles. The lowest BCUT2D eigenvalue weighted by molar-refractivity contribution is 0.00988. The Balaban J connectivity index is 1.63. The minimum absolute atomic E-state index is 0.389. The van der Waals surface area contributed by atoms with Crippen molar-refractivity contribution in [1.29, 1.82) is 0 Å². The van der Waals surface area contributed by atoms with Crippen LogP contribution in [0.2, 0.25) is 0 Å². The average molecular weight is 355 g/mol. The maximum Gasteiger partial charge on any atom is 0.193 e. The summed E-state index contributed by atoms with van der Waals surface area (Å²) in [5, 5.41) is 3.56. The fourth-order valence-corrected chi connectivity index (χ4v) is 3.82. The number of aliphatic imine (C=N–C) groups is 1. The molecule has 6 heteroatoms. The Bertz CT molecular complexity index is 384. The highest BCUT2D eigenvalue weighted by Crippen LogP contribution is 2.16. The highest BCUT2D eigenvalue weighted by atomic mass is 16.5. The van der Waals surface area contributed by atoms with Crippen LogP contribution >= 0.6 is 0 Å². The van der Waals surface area contributed by atoms with Crippen molar-refractivity contribution in [3.63, 3.8) is 0 Å². The second kappa shape index (κ2) is 11.7. The second-order valence-electron chi connectivity index (χ2n) is 7.26. The summed E-state index contributed by atoms with van der Waals surface area (Å²) in [6.07, 6.45) is 7.60. The van der Waals surface area contributed by atoms with Gasteiger partial charge in [-0.3, -0.25) is 9.89 Å². The Morgan fingerprint density at radius 2 is 1.92 bits per heavy atom. The zero-order valence-corrected chi connectivity index (χ0v) is 16.5. The molecule has 1 atom stereocenters. The second-order valence-corrected chi connectivity index (χ2v) is 7.26. The predicted molar refractivity (Wildman–Crippen MR) is 103 cm³/mol. The van der Waals surface area contributed by atoms with Crippen LogP contribution in [0.15, 0.2) is 4.99 Å². The average Bonchev–Trinajstić information content (AvgIpc) is 2.64. The summed E-state index contributed by atoms with van der Waals surface area (Å²) < 4.78 is 11.0. The van der Waals surface area contributed by atoms with Crippen molar-refractivity contribution in [3.8, 4) is 0 Å². The highest BCUT2D eigenvalue weighted by molar-refractivity contribution is 5.79. The Morgan fingerprint density at radius 1 is 1.12 bits per heavy atom. The van der Waals surface area contributed by atoms with Crippen molar-refractivity contribution in [2.24, 2.45) is 4.99 Å². The van der Waals surface area contributed by atoms with Gasteiger partial charge in [0.05, 0.1) is 6.10 Å². The Labute approximate surface area is 153 Å². The molecule has 2 heterocycles. The van der Waals surface area contributed by atoms with Crippen LogP contribution in [0.25, 0.3) is 0 Å². The fourth-order valence-electron chi connectivity index (χ4n) is 3.82. The number of nitrogens with zero attached hydrogens (tertiary/aromatic N) is 3. The van der Waals surface area contributed by atoms with Crippen molar-refractivity contribution < 1.29 is 9.47 Å². The maximum absolute atomic E-state index is 5.95. The van der Waals surface area contributed by atoms with Gasteiger partial charge in [0.25, 0.3) is 0 Å². The first-order valence-corrected chi connectivity index (χ1v) is 10.0. The van der Waals surface area contributed by atoms with E-state index in [0.717, 1.165) is 70.7 Å². The minimum Gasteiger partial charge on any atom is -0.385 e. The normalized spacial score (nSPS) is 23.9. The van der Waals surface area contributed by atoms with Gasteiger partial charge in [0.15, 0.2) is 5.96 Å². The summed E-state index contributed by atoms with van der Waals surface area (Å²) in [5.41, 5.74) is 0. The minimum atomic E-state index is 0.389. The molecule has 2 aliphatic heterocycles. The van der Waals surface area contributed by atoms with Gasteiger partial charge in [0.1, 0.15) is 0 Å². The number of rotatable bonds is 8. The van der Waals surface area contributed by atoms with E-state index in [1.54, 1.807) is 7.11 Å². The van der Waals surface area contributed by atoms with Crippen LogP contribution in [0.1, 0.15) is 45.4 Å². The molecule has 2 aliphatic rings. The number of guanidine groups is 1. The molecule has 146 valence electrons. The predicted octanol–water partition coefficient (Wildman–Crippen LogP) is 1.95. The van der Waals surface area contributed by atoms with Gasteiger partial charge < -0.3 is 19.7 Å². The number of hydrogen-bond acceptors (Lipinski definition) is 4. The third kappa shape index (κ3) is 7.12. The molecule has 0 aliphatic carbocycles. The molecule has 1 unspecified atom stereocenters. The van der Waals surface area contributed by atoms with Crippen LogP contribution in [0, 0.1) is 0 Å². The maximum atomic E-state index is 5.95. The molecular formula is C19H38N4O2. The molecule has 0 bridgehead atoms. The van der Waals surface area contributed by atoms with Crippen molar-refractivity contribution in [2.45, 2.75) is 57.6 Å². The molecule has 0 amide bonds. The smallest absolute Gasteiger partial charge is 0.193 e. The van der Waals surface area contributed by atoms with Gasteiger partial charge in [-0.05, 0) is 45.6 Å². The zero-order valence-electron chi connectivity index (χ0n) is 16.5. The summed E-state index contributed by atoms with van der Waals surface area (Å²) in [4.78, 5) is 9.45. The summed E-state index contributed by atoms with van der Waals surface area (Å²) >= 11 is 0. The van der Waals surface area contributed by atoms with Gasteiger partial charge in [-0.2, -0.15) is 0 Å². The molecule has 0 radical (unpaired) electrons. The molecule has 0 aromatic rings. The van der Waals surface area contributed by atoms with E-state index in [1.807, 2.05) is 7.05 Å². The van der Waals surface area contributed by atoms with Gasteiger partial charge in [-0.1, -0.05) is 6.42 Å². The van der Waals surface area contributed by atoms with Crippen LogP contribution < -0.4 is 5.32 Å². The van der Waals surface area contributed by atoms with E-state index in [2.05, 4.69) is 27.0 Å². The van der Waals surface area contributed by atoms with E-state index in [-0.39, 0.29) is 0 Å². The van der Waals surface area contributed by atoms with Crippen molar-refractivity contribution in [2.75, 3.05) is 60.1 Å². The monoisotopic (exact) mass is 354 g/mol. The van der Waals surface area contributed by atoms with Crippen molar-refractivity contribution in [3.05, 3.63) is 0 Å². The van der Waals surface area contributed by atoms with Crippen LogP contribution in [-0.2, 0) is 9.47 Å². The van der Waals surface area contributed by atoms with Gasteiger partial charge in [-0.15, -0.1) is 0 Å². The van der Waals surface area contributed by atoms with E-state index < -0.39 is 0 Å². The molecule has 0 aromatic heterocycles. The van der Waals surface area contributed by atoms with Gasteiger partial charge in [-0.25, -0.2) is 0 Å². The quantitative estimate of drug-likeness (QED) is 0.410. The number of hydrogen-bond donors (Lipinski definition) is 1. The molecule has 0 aromatic carbocycles. The van der Waals surface area contributed by atoms with Gasteiger partial charge >= 0.3 is 0 Å². The first-order chi connectivity index (χ1) is 12.2. The van der Waals surface area contributed by atoms with Gasteiger partial charge in [0, 0.05) is 59.6 Å². The molecule has 25 heavy (non-hydrogen) atoms. The van der Waals surface area contributed by atoms with E-state index in [9.17, 15) is 0 Å². The molecule has 6 nitrogen and oxygen atoms in total. The standard InChI is InChI=1S/C19H38N4O2/c1-17-7-4-5-11-22(17)14-10-21-19(20-2)23-12-8-18(9-13-23)25-16-6-15-24-3/h17-18H,4-16H2,1-3H3,(H,20,21). The van der Waals surface area contributed by atoms with Crippen LogP contribution in [-0.4, -0.2) is 88.0 Å². The van der Waals surface area contributed by atoms with Crippen molar-refractivity contribution >= 4 is 5.96 Å². The Hall–Kier alpha value is -0.850. The lowest BCUT2D eigenvalue weighted by Gasteiger charge is -2.36. The van der Waals surface area contributed by atoms with Crippen LogP contribution in [0.3, 0.4) is 0 Å². The van der Waals surface area contributed by atoms with Crippen molar-refractivity contribution in [1.82, 2.24) is 15.1 Å². The number of likely N-dealkylation sites (tertiary alicyclic amines) is 2. The fraction of sp³-hybridized carbons (Fsp3) is 0.947. The lowest BCUT2D eigenvalue weighted by Crippen LogP contribution is -2.49. The third-order valence-electron chi connectivity index (χ3n) is 5.42. The zero-order chi connectivity index (χ0) is 17.9. The number of piperidine rings is 2.